The smallest absolute Gasteiger partial charge is 0.0608 e. The molecule has 1 aliphatic carbocycles. The number of rotatable bonds is 5. The van der Waals surface area contributed by atoms with Crippen molar-refractivity contribution in [1.29, 1.82) is 0 Å². The van der Waals surface area contributed by atoms with E-state index in [9.17, 15) is 0 Å². The van der Waals surface area contributed by atoms with Gasteiger partial charge in [0.1, 0.15) is 0 Å². The number of ether oxygens (including phenoxy) is 1. The summed E-state index contributed by atoms with van der Waals surface area (Å²) >= 11 is 0. The fraction of sp³-hybridized carbons (Fsp3) is 1.00. The summed E-state index contributed by atoms with van der Waals surface area (Å²) in [5.74, 6) is 2.38. The van der Waals surface area contributed by atoms with Gasteiger partial charge in [0.05, 0.1) is 12.7 Å². The lowest BCUT2D eigenvalue weighted by Crippen LogP contribution is -2.35. The summed E-state index contributed by atoms with van der Waals surface area (Å²) in [5, 5.41) is 3.14. The Morgan fingerprint density at radius 1 is 1.33 bits per heavy atom. The van der Waals surface area contributed by atoms with E-state index in [1.165, 1.54) is 19.3 Å². The van der Waals surface area contributed by atoms with Gasteiger partial charge >= 0.3 is 0 Å². The zero-order valence-electron chi connectivity index (χ0n) is 10.8. The topological polar surface area (TPSA) is 21.3 Å². The maximum atomic E-state index is 6.01. The van der Waals surface area contributed by atoms with Gasteiger partial charge in [0.2, 0.25) is 0 Å². The van der Waals surface area contributed by atoms with E-state index in [1.54, 1.807) is 0 Å². The lowest BCUT2D eigenvalue weighted by molar-refractivity contribution is -0.0363. The summed E-state index contributed by atoms with van der Waals surface area (Å²) in [6.07, 6.45) is 4.49. The summed E-state index contributed by atoms with van der Waals surface area (Å²) in [6.45, 7) is 8.84. The van der Waals surface area contributed by atoms with Gasteiger partial charge in [-0.3, -0.25) is 0 Å². The van der Waals surface area contributed by atoms with Crippen molar-refractivity contribution in [2.45, 2.75) is 46.1 Å². The first-order chi connectivity index (χ1) is 7.15. The van der Waals surface area contributed by atoms with Crippen LogP contribution in [0.3, 0.4) is 0 Å². The van der Waals surface area contributed by atoms with Gasteiger partial charge in [0, 0.05) is 6.54 Å². The van der Waals surface area contributed by atoms with E-state index < -0.39 is 0 Å². The quantitative estimate of drug-likeness (QED) is 0.709. The molecule has 1 saturated carbocycles. The molecule has 2 nitrogen and oxygen atoms in total. The van der Waals surface area contributed by atoms with Crippen molar-refractivity contribution in [2.75, 3.05) is 20.2 Å². The highest BCUT2D eigenvalue weighted by molar-refractivity contribution is 4.81. The fourth-order valence-electron chi connectivity index (χ4n) is 2.62. The van der Waals surface area contributed by atoms with Gasteiger partial charge in [-0.25, -0.2) is 0 Å². The van der Waals surface area contributed by atoms with E-state index in [2.05, 4.69) is 26.1 Å². The van der Waals surface area contributed by atoms with Crippen LogP contribution in [0.25, 0.3) is 0 Å². The Balaban J connectivity index is 2.39. The van der Waals surface area contributed by atoms with Gasteiger partial charge in [0.15, 0.2) is 0 Å². The second-order valence-corrected chi connectivity index (χ2v) is 5.34. The maximum Gasteiger partial charge on any atom is 0.0608 e. The second kappa shape index (κ2) is 6.49. The molecule has 1 aliphatic rings. The first kappa shape index (κ1) is 13.0. The summed E-state index contributed by atoms with van der Waals surface area (Å²) in [6, 6.07) is 0. The minimum absolute atomic E-state index is 0.502. The van der Waals surface area contributed by atoms with Gasteiger partial charge in [0.25, 0.3) is 0 Å². The van der Waals surface area contributed by atoms with Crippen molar-refractivity contribution in [1.82, 2.24) is 5.32 Å². The molecule has 0 radical (unpaired) electrons. The molecule has 15 heavy (non-hydrogen) atoms. The number of hydrogen-bond donors (Lipinski definition) is 1. The predicted octanol–water partition coefficient (Wildman–Crippen LogP) is 2.68. The average molecular weight is 213 g/mol. The van der Waals surface area contributed by atoms with Gasteiger partial charge in [-0.2, -0.15) is 0 Å². The van der Waals surface area contributed by atoms with Crippen molar-refractivity contribution in [2.24, 2.45) is 17.8 Å². The van der Waals surface area contributed by atoms with Gasteiger partial charge in [-0.15, -0.1) is 0 Å². The van der Waals surface area contributed by atoms with Crippen molar-refractivity contribution < 1.29 is 4.74 Å². The molecule has 3 atom stereocenters. The highest BCUT2D eigenvalue weighted by atomic mass is 16.5. The molecular formula is C13H27NO. The van der Waals surface area contributed by atoms with Crippen LogP contribution in [0, 0.1) is 17.8 Å². The fourth-order valence-corrected chi connectivity index (χ4v) is 2.62. The second-order valence-electron chi connectivity index (χ2n) is 5.34. The summed E-state index contributed by atoms with van der Waals surface area (Å²) in [4.78, 5) is 0. The molecule has 0 bridgehead atoms. The monoisotopic (exact) mass is 213 g/mol. The Morgan fingerprint density at radius 2 is 2.07 bits per heavy atom. The van der Waals surface area contributed by atoms with Crippen LogP contribution in [0.2, 0.25) is 0 Å². The number of likely N-dealkylation sites (N-methyl/N-ethyl adjacent to an activating group) is 1. The summed E-state index contributed by atoms with van der Waals surface area (Å²) < 4.78 is 6.01. The van der Waals surface area contributed by atoms with Crippen LogP contribution in [-0.4, -0.2) is 26.3 Å². The van der Waals surface area contributed by atoms with Crippen molar-refractivity contribution in [3.63, 3.8) is 0 Å². The van der Waals surface area contributed by atoms with Crippen LogP contribution in [0.15, 0.2) is 0 Å². The van der Waals surface area contributed by atoms with E-state index in [-0.39, 0.29) is 0 Å². The molecule has 1 N–H and O–H groups in total. The van der Waals surface area contributed by atoms with Gasteiger partial charge in [-0.05, 0) is 37.6 Å². The molecule has 0 aliphatic heterocycles. The first-order valence-electron chi connectivity index (χ1n) is 6.41. The molecule has 0 aromatic carbocycles. The molecule has 3 unspecified atom stereocenters. The highest BCUT2D eigenvalue weighted by Crippen LogP contribution is 2.35. The molecule has 0 aromatic heterocycles. The minimum atomic E-state index is 0.502. The van der Waals surface area contributed by atoms with Crippen LogP contribution in [-0.2, 0) is 4.74 Å². The Morgan fingerprint density at radius 3 is 2.67 bits per heavy atom. The van der Waals surface area contributed by atoms with Crippen molar-refractivity contribution in [3.8, 4) is 0 Å². The molecule has 1 fully saturated rings. The molecule has 2 heteroatoms. The van der Waals surface area contributed by atoms with E-state index in [0.717, 1.165) is 30.9 Å². The number of hydrogen-bond acceptors (Lipinski definition) is 2. The number of nitrogens with one attached hydrogen (secondary N) is 1. The largest absolute Gasteiger partial charge is 0.377 e. The van der Waals surface area contributed by atoms with Crippen LogP contribution in [0.1, 0.15) is 40.0 Å². The molecule has 0 amide bonds. The van der Waals surface area contributed by atoms with Crippen LogP contribution in [0.5, 0.6) is 0 Å². The SMILES string of the molecule is CNCCOC1CC(C)CCC1C(C)C. The van der Waals surface area contributed by atoms with E-state index >= 15 is 0 Å². The van der Waals surface area contributed by atoms with E-state index in [0.29, 0.717) is 6.10 Å². The zero-order chi connectivity index (χ0) is 11.3. The molecule has 90 valence electrons. The van der Waals surface area contributed by atoms with E-state index in [1.807, 2.05) is 7.05 Å². The Bertz CT molecular complexity index is 170. The molecular weight excluding hydrogens is 186 g/mol. The molecule has 0 spiro atoms. The predicted molar refractivity (Wildman–Crippen MR) is 65.0 cm³/mol. The zero-order valence-corrected chi connectivity index (χ0v) is 10.8. The van der Waals surface area contributed by atoms with Gasteiger partial charge < -0.3 is 10.1 Å². The molecule has 0 saturated heterocycles. The summed E-state index contributed by atoms with van der Waals surface area (Å²) in [5.41, 5.74) is 0. The molecule has 0 heterocycles. The summed E-state index contributed by atoms with van der Waals surface area (Å²) in [7, 11) is 1.98. The molecule has 0 aromatic rings. The Labute approximate surface area is 94.8 Å². The first-order valence-corrected chi connectivity index (χ1v) is 6.41. The Kier molecular flexibility index (Phi) is 5.62. The third-order valence-corrected chi connectivity index (χ3v) is 3.65. The average Bonchev–Trinajstić information content (AvgIpc) is 2.18. The van der Waals surface area contributed by atoms with Crippen molar-refractivity contribution in [3.05, 3.63) is 0 Å². The van der Waals surface area contributed by atoms with Crippen molar-refractivity contribution >= 4 is 0 Å². The maximum absolute atomic E-state index is 6.01. The van der Waals surface area contributed by atoms with Gasteiger partial charge in [-0.1, -0.05) is 27.2 Å². The standard InChI is InChI=1S/C13H27NO/c1-10(2)12-6-5-11(3)9-13(12)15-8-7-14-4/h10-14H,5-9H2,1-4H3. The highest BCUT2D eigenvalue weighted by Gasteiger charge is 2.30. The normalized spacial score (nSPS) is 32.2. The molecule has 1 rings (SSSR count). The van der Waals surface area contributed by atoms with Crippen LogP contribution < -0.4 is 5.32 Å². The van der Waals surface area contributed by atoms with E-state index in [4.69, 9.17) is 4.74 Å². The lowest BCUT2D eigenvalue weighted by Gasteiger charge is -2.37. The van der Waals surface area contributed by atoms with Crippen LogP contribution in [0.4, 0.5) is 0 Å². The third kappa shape index (κ3) is 4.12. The minimum Gasteiger partial charge on any atom is -0.377 e. The lowest BCUT2D eigenvalue weighted by atomic mass is 9.75. The van der Waals surface area contributed by atoms with Crippen LogP contribution >= 0.6 is 0 Å². The third-order valence-electron chi connectivity index (χ3n) is 3.65. The Hall–Kier alpha value is -0.0800.